The molecule has 8 nitrogen and oxygen atoms in total. The number of likely N-dealkylation sites (tertiary alicyclic amines) is 1. The molecule has 0 aromatic heterocycles. The number of hydrogen-bond donors (Lipinski definition) is 2. The number of aliphatic hydroxyl groups excluding tert-OH is 1. The van der Waals surface area contributed by atoms with E-state index in [1.165, 1.54) is 7.11 Å². The molecule has 1 aromatic carbocycles. The van der Waals surface area contributed by atoms with Crippen LogP contribution in [0.25, 0.3) is 0 Å². The summed E-state index contributed by atoms with van der Waals surface area (Å²) in [4.78, 5) is 40.7. The number of carbonyl (C=O) groups is 3. The molecular weight excluding hydrogens is 472 g/mol. The number of allylic oxidation sites excluding steroid dienone is 2. The zero-order valence-corrected chi connectivity index (χ0v) is 22.0. The molecule has 4 atom stereocenters. The van der Waals surface area contributed by atoms with Gasteiger partial charge in [0.1, 0.15) is 6.10 Å². The van der Waals surface area contributed by atoms with Gasteiger partial charge in [0, 0.05) is 26.5 Å². The lowest BCUT2D eigenvalue weighted by atomic mass is 9.97. The summed E-state index contributed by atoms with van der Waals surface area (Å²) in [6.45, 7) is 8.06. The molecule has 2 N–H and O–H groups in total. The summed E-state index contributed by atoms with van der Waals surface area (Å²) >= 11 is 0. The highest BCUT2D eigenvalue weighted by Gasteiger charge is 2.34. The number of carbonyl (C=O) groups excluding carboxylic acids is 3. The first-order chi connectivity index (χ1) is 17.9. The molecule has 1 saturated heterocycles. The molecule has 8 heteroatoms. The largest absolute Gasteiger partial charge is 0.455 e. The predicted octanol–water partition coefficient (Wildman–Crippen LogP) is 3.71. The summed E-state index contributed by atoms with van der Waals surface area (Å²) in [5, 5.41) is 12.6. The summed E-state index contributed by atoms with van der Waals surface area (Å²) in [5.41, 5.74) is 0.739. The van der Waals surface area contributed by atoms with E-state index in [2.05, 4.69) is 18.5 Å². The highest BCUT2D eigenvalue weighted by Crippen LogP contribution is 2.25. The van der Waals surface area contributed by atoms with E-state index in [4.69, 9.17) is 9.47 Å². The molecule has 1 heterocycles. The number of rotatable bonds is 17. The molecule has 0 bridgehead atoms. The van der Waals surface area contributed by atoms with Gasteiger partial charge in [-0.05, 0) is 44.1 Å². The van der Waals surface area contributed by atoms with Gasteiger partial charge in [-0.1, -0.05) is 42.5 Å². The Morgan fingerprint density at radius 1 is 1.19 bits per heavy atom. The van der Waals surface area contributed by atoms with E-state index in [9.17, 15) is 19.5 Å². The Hall–Kier alpha value is -2.97. The van der Waals surface area contributed by atoms with Crippen molar-refractivity contribution in [2.75, 3.05) is 26.9 Å². The van der Waals surface area contributed by atoms with Crippen LogP contribution in [0, 0.1) is 5.92 Å². The van der Waals surface area contributed by atoms with Crippen LogP contribution >= 0.6 is 0 Å². The fourth-order valence-corrected chi connectivity index (χ4v) is 4.63. The number of unbranched alkanes of at least 4 members (excludes halogenated alkanes) is 2. The molecule has 1 aliphatic rings. The maximum absolute atomic E-state index is 13.4. The topological polar surface area (TPSA) is 105 Å². The van der Waals surface area contributed by atoms with Crippen molar-refractivity contribution in [2.45, 2.75) is 69.6 Å². The monoisotopic (exact) mass is 514 g/mol. The van der Waals surface area contributed by atoms with Crippen molar-refractivity contribution in [3.8, 4) is 0 Å². The Morgan fingerprint density at radius 2 is 1.95 bits per heavy atom. The number of amides is 2. The minimum atomic E-state index is -0.755. The molecular formula is C29H42N2O6. The van der Waals surface area contributed by atoms with E-state index in [1.807, 2.05) is 36.4 Å². The Morgan fingerprint density at radius 3 is 2.59 bits per heavy atom. The summed E-state index contributed by atoms with van der Waals surface area (Å²) < 4.78 is 11.3. The number of nitrogens with one attached hydrogen (secondary N) is 1. The third-order valence-electron chi connectivity index (χ3n) is 6.62. The van der Waals surface area contributed by atoms with Gasteiger partial charge in [-0.3, -0.25) is 14.4 Å². The number of hydrogen-bond acceptors (Lipinski definition) is 6. The first kappa shape index (κ1) is 30.3. The van der Waals surface area contributed by atoms with Gasteiger partial charge in [0.15, 0.2) is 0 Å². The number of ether oxygens (including phenoxy) is 2. The third kappa shape index (κ3) is 9.78. The van der Waals surface area contributed by atoms with Crippen LogP contribution in [-0.4, -0.2) is 66.7 Å². The summed E-state index contributed by atoms with van der Waals surface area (Å²) in [7, 11) is 1.52. The van der Waals surface area contributed by atoms with Crippen LogP contribution < -0.4 is 5.32 Å². The SMILES string of the molecule is C=CCCCCC(=O)O[C@@H](c1ccccc1)[C@H](COC)NC(=O)[C@H](CC=C)CC(=O)N1CCC[C@H]1CO. The minimum Gasteiger partial charge on any atom is -0.455 e. The molecule has 204 valence electrons. The molecule has 37 heavy (non-hydrogen) atoms. The Kier molecular flexibility index (Phi) is 13.7. The molecule has 2 rings (SSSR count). The first-order valence-corrected chi connectivity index (χ1v) is 13.1. The van der Waals surface area contributed by atoms with Crippen LogP contribution in [0.3, 0.4) is 0 Å². The van der Waals surface area contributed by atoms with E-state index in [-0.39, 0.29) is 49.9 Å². The lowest BCUT2D eigenvalue weighted by molar-refractivity contribution is -0.153. The fourth-order valence-electron chi connectivity index (χ4n) is 4.63. The molecule has 1 aliphatic heterocycles. The van der Waals surface area contributed by atoms with Crippen LogP contribution in [-0.2, 0) is 23.9 Å². The average Bonchev–Trinajstić information content (AvgIpc) is 3.39. The van der Waals surface area contributed by atoms with Gasteiger partial charge >= 0.3 is 5.97 Å². The fraction of sp³-hybridized carbons (Fsp3) is 0.552. The van der Waals surface area contributed by atoms with Gasteiger partial charge in [-0.2, -0.15) is 0 Å². The molecule has 1 aromatic rings. The number of methoxy groups -OCH3 is 1. The highest BCUT2D eigenvalue weighted by molar-refractivity contribution is 5.86. The second-order valence-electron chi connectivity index (χ2n) is 9.42. The normalized spacial score (nSPS) is 17.5. The Bertz CT molecular complexity index is 874. The van der Waals surface area contributed by atoms with Crippen LogP contribution in [0.2, 0.25) is 0 Å². The number of esters is 1. The van der Waals surface area contributed by atoms with Crippen LogP contribution in [0.4, 0.5) is 0 Å². The zero-order chi connectivity index (χ0) is 27.0. The van der Waals surface area contributed by atoms with Gasteiger partial charge in [0.2, 0.25) is 11.8 Å². The van der Waals surface area contributed by atoms with E-state index in [0.29, 0.717) is 19.4 Å². The molecule has 1 fully saturated rings. The number of aliphatic hydroxyl groups is 1. The Labute approximate surface area is 220 Å². The van der Waals surface area contributed by atoms with E-state index < -0.39 is 18.1 Å². The maximum atomic E-state index is 13.4. The third-order valence-corrected chi connectivity index (χ3v) is 6.62. The first-order valence-electron chi connectivity index (χ1n) is 13.1. The van der Waals surface area contributed by atoms with Crippen molar-refractivity contribution >= 4 is 17.8 Å². The van der Waals surface area contributed by atoms with Crippen LogP contribution in [0.1, 0.15) is 63.0 Å². The Balaban J connectivity index is 2.16. The van der Waals surface area contributed by atoms with Crippen LogP contribution in [0.5, 0.6) is 0 Å². The van der Waals surface area contributed by atoms with E-state index >= 15 is 0 Å². The van der Waals surface area contributed by atoms with Gasteiger partial charge in [-0.25, -0.2) is 0 Å². The molecule has 0 aliphatic carbocycles. The summed E-state index contributed by atoms with van der Waals surface area (Å²) in [6, 6.07) is 8.39. The van der Waals surface area contributed by atoms with Crippen molar-refractivity contribution in [3.63, 3.8) is 0 Å². The second-order valence-corrected chi connectivity index (χ2v) is 9.42. The number of nitrogens with zero attached hydrogens (tertiary/aromatic N) is 1. The lowest BCUT2D eigenvalue weighted by Gasteiger charge is -2.30. The van der Waals surface area contributed by atoms with Crippen molar-refractivity contribution in [1.29, 1.82) is 0 Å². The summed E-state index contributed by atoms with van der Waals surface area (Å²) in [6.07, 6.45) is 7.22. The highest BCUT2D eigenvalue weighted by atomic mass is 16.5. The van der Waals surface area contributed by atoms with Crippen molar-refractivity contribution in [2.24, 2.45) is 5.92 Å². The van der Waals surface area contributed by atoms with E-state index in [0.717, 1.165) is 31.2 Å². The quantitative estimate of drug-likeness (QED) is 0.187. The van der Waals surface area contributed by atoms with Crippen molar-refractivity contribution < 1.29 is 29.0 Å². The maximum Gasteiger partial charge on any atom is 0.306 e. The minimum absolute atomic E-state index is 0.00709. The van der Waals surface area contributed by atoms with Gasteiger partial charge in [-0.15, -0.1) is 13.2 Å². The van der Waals surface area contributed by atoms with Crippen molar-refractivity contribution in [1.82, 2.24) is 10.2 Å². The molecule has 0 unspecified atom stereocenters. The standard InChI is InChI=1S/C29H42N2O6/c1-4-6-7-11-17-27(34)37-28(22-14-9-8-10-15-22)25(21-36-3)30-29(35)23(13-5-2)19-26(33)31-18-12-16-24(31)20-32/h4-5,8-10,14-15,23-25,28,32H,1-2,6-7,11-13,16-21H2,3H3,(H,30,35)/t23-,24+,25+,28+/m1/s1. The molecule has 0 radical (unpaired) electrons. The van der Waals surface area contributed by atoms with Gasteiger partial charge < -0.3 is 24.8 Å². The van der Waals surface area contributed by atoms with Gasteiger partial charge in [0.25, 0.3) is 0 Å². The predicted molar refractivity (Wildman–Crippen MR) is 142 cm³/mol. The van der Waals surface area contributed by atoms with Crippen LogP contribution in [0.15, 0.2) is 55.6 Å². The van der Waals surface area contributed by atoms with E-state index in [1.54, 1.807) is 11.0 Å². The van der Waals surface area contributed by atoms with Gasteiger partial charge in [0.05, 0.1) is 31.2 Å². The number of benzene rings is 1. The molecule has 2 amide bonds. The smallest absolute Gasteiger partial charge is 0.306 e. The summed E-state index contributed by atoms with van der Waals surface area (Å²) in [5.74, 6) is -1.49. The zero-order valence-electron chi connectivity index (χ0n) is 22.0. The second kappa shape index (κ2) is 16.7. The van der Waals surface area contributed by atoms with Crippen molar-refractivity contribution in [3.05, 3.63) is 61.2 Å². The lowest BCUT2D eigenvalue weighted by Crippen LogP contribution is -2.47. The molecule has 0 saturated carbocycles. The molecule has 0 spiro atoms. The average molecular weight is 515 g/mol.